The number of carbonyl (C=O) groups excluding carboxylic acids is 2. The standard InChI is InChI=1S/C33H42FN3O6S/c1-8-29(33(39)35-19-22(2)3)36(20-25-9-11-26(34)12-10-25)32(38)21-37(27-16-23(4)15-24(5)17-27)44(40,41)28-13-14-30(42-6)31(18-28)43-7/h9-18,22,29H,8,19-21H2,1-7H3,(H,35,39). The zero-order valence-electron chi connectivity index (χ0n) is 26.4. The van der Waals surface area contributed by atoms with Crippen molar-refractivity contribution in [3.63, 3.8) is 0 Å². The molecule has 11 heteroatoms. The van der Waals surface area contributed by atoms with Gasteiger partial charge in [-0.05, 0) is 79.3 Å². The molecule has 9 nitrogen and oxygen atoms in total. The van der Waals surface area contributed by atoms with Crippen LogP contribution in [0.15, 0.2) is 65.6 Å². The van der Waals surface area contributed by atoms with Gasteiger partial charge in [-0.1, -0.05) is 39.0 Å². The second-order valence-electron chi connectivity index (χ2n) is 11.1. The Labute approximate surface area is 260 Å². The molecule has 0 aliphatic rings. The lowest BCUT2D eigenvalue weighted by Crippen LogP contribution is -2.52. The second-order valence-corrected chi connectivity index (χ2v) is 12.9. The van der Waals surface area contributed by atoms with Crippen LogP contribution in [0.3, 0.4) is 0 Å². The molecule has 0 spiro atoms. The van der Waals surface area contributed by atoms with Gasteiger partial charge in [0.1, 0.15) is 18.4 Å². The maximum Gasteiger partial charge on any atom is 0.264 e. The van der Waals surface area contributed by atoms with Gasteiger partial charge in [0.2, 0.25) is 11.8 Å². The third-order valence-electron chi connectivity index (χ3n) is 7.05. The van der Waals surface area contributed by atoms with Gasteiger partial charge in [-0.25, -0.2) is 12.8 Å². The van der Waals surface area contributed by atoms with Crippen LogP contribution in [-0.4, -0.2) is 58.5 Å². The van der Waals surface area contributed by atoms with Gasteiger partial charge in [0.15, 0.2) is 11.5 Å². The van der Waals surface area contributed by atoms with Crippen LogP contribution in [-0.2, 0) is 26.2 Å². The van der Waals surface area contributed by atoms with Crippen LogP contribution in [0.2, 0.25) is 0 Å². The Bertz CT molecular complexity index is 1540. The summed E-state index contributed by atoms with van der Waals surface area (Å²) in [6, 6.07) is 14.2. The van der Waals surface area contributed by atoms with Gasteiger partial charge >= 0.3 is 0 Å². The van der Waals surface area contributed by atoms with Gasteiger partial charge in [0.05, 0.1) is 24.8 Å². The van der Waals surface area contributed by atoms with Gasteiger partial charge in [-0.2, -0.15) is 0 Å². The Kier molecular flexibility index (Phi) is 11.8. The van der Waals surface area contributed by atoms with Crippen LogP contribution in [0, 0.1) is 25.6 Å². The molecule has 238 valence electrons. The SMILES string of the molecule is CCC(C(=O)NCC(C)C)N(Cc1ccc(F)cc1)C(=O)CN(c1cc(C)cc(C)c1)S(=O)(=O)c1ccc(OC)c(OC)c1. The molecule has 44 heavy (non-hydrogen) atoms. The third kappa shape index (κ3) is 8.49. The van der Waals surface area contributed by atoms with E-state index in [4.69, 9.17) is 9.47 Å². The van der Waals surface area contributed by atoms with E-state index in [2.05, 4.69) is 5.32 Å². The molecule has 0 aliphatic carbocycles. The van der Waals surface area contributed by atoms with Crippen LogP contribution in [0.4, 0.5) is 10.1 Å². The molecule has 1 N–H and O–H groups in total. The van der Waals surface area contributed by atoms with E-state index in [1.165, 1.54) is 61.6 Å². The fraction of sp³-hybridized carbons (Fsp3) is 0.394. The molecule has 3 aromatic rings. The highest BCUT2D eigenvalue weighted by Gasteiger charge is 2.34. The number of amides is 2. The highest BCUT2D eigenvalue weighted by atomic mass is 32.2. The maximum absolute atomic E-state index is 14.3. The molecular weight excluding hydrogens is 585 g/mol. The number of hydrogen-bond acceptors (Lipinski definition) is 6. The van der Waals surface area contributed by atoms with Crippen LogP contribution in [0.5, 0.6) is 11.5 Å². The van der Waals surface area contributed by atoms with E-state index >= 15 is 0 Å². The molecular formula is C33H42FN3O6S. The fourth-order valence-corrected chi connectivity index (χ4v) is 6.27. The van der Waals surface area contributed by atoms with E-state index in [9.17, 15) is 22.4 Å². The second kappa shape index (κ2) is 15.1. The van der Waals surface area contributed by atoms with Gasteiger partial charge in [0.25, 0.3) is 10.0 Å². The average Bonchev–Trinajstić information content (AvgIpc) is 2.98. The predicted molar refractivity (Wildman–Crippen MR) is 169 cm³/mol. The molecule has 2 amide bonds. The van der Waals surface area contributed by atoms with E-state index in [1.807, 2.05) is 33.8 Å². The van der Waals surface area contributed by atoms with Crippen molar-refractivity contribution in [2.75, 3.05) is 31.6 Å². The smallest absolute Gasteiger partial charge is 0.264 e. The number of nitrogens with one attached hydrogen (secondary N) is 1. The van der Waals surface area contributed by atoms with Gasteiger partial charge in [0, 0.05) is 19.2 Å². The third-order valence-corrected chi connectivity index (χ3v) is 8.82. The molecule has 3 aromatic carbocycles. The van der Waals surface area contributed by atoms with Gasteiger partial charge < -0.3 is 19.7 Å². The van der Waals surface area contributed by atoms with Crippen molar-refractivity contribution < 1.29 is 31.9 Å². The van der Waals surface area contributed by atoms with E-state index in [0.717, 1.165) is 15.4 Å². The number of hydrogen-bond donors (Lipinski definition) is 1. The molecule has 0 radical (unpaired) electrons. The average molecular weight is 628 g/mol. The molecule has 0 aromatic heterocycles. The van der Waals surface area contributed by atoms with E-state index < -0.39 is 34.3 Å². The van der Waals surface area contributed by atoms with Crippen LogP contribution >= 0.6 is 0 Å². The number of carbonyl (C=O) groups is 2. The summed E-state index contributed by atoms with van der Waals surface area (Å²) < 4.78 is 53.9. The highest BCUT2D eigenvalue weighted by Crippen LogP contribution is 2.33. The van der Waals surface area contributed by atoms with Crippen molar-refractivity contribution in [3.8, 4) is 11.5 Å². The van der Waals surface area contributed by atoms with Crippen molar-refractivity contribution in [3.05, 3.63) is 83.2 Å². The monoisotopic (exact) mass is 627 g/mol. The molecule has 0 heterocycles. The summed E-state index contributed by atoms with van der Waals surface area (Å²) in [5.41, 5.74) is 2.51. The molecule has 0 saturated carbocycles. The number of benzene rings is 3. The summed E-state index contributed by atoms with van der Waals surface area (Å²) in [4.78, 5) is 28.8. The topological polar surface area (TPSA) is 105 Å². The van der Waals surface area contributed by atoms with E-state index in [0.29, 0.717) is 23.5 Å². The summed E-state index contributed by atoms with van der Waals surface area (Å²) in [5.74, 6) is -0.628. The van der Waals surface area contributed by atoms with Gasteiger partial charge in [-0.15, -0.1) is 0 Å². The van der Waals surface area contributed by atoms with Crippen molar-refractivity contribution in [2.24, 2.45) is 5.92 Å². The zero-order valence-corrected chi connectivity index (χ0v) is 27.2. The first kappa shape index (κ1) is 34.4. The lowest BCUT2D eigenvalue weighted by atomic mass is 10.1. The molecule has 0 fully saturated rings. The molecule has 0 saturated heterocycles. The minimum atomic E-state index is -4.33. The largest absolute Gasteiger partial charge is 0.493 e. The Morgan fingerprint density at radius 3 is 2.07 bits per heavy atom. The first-order valence-electron chi connectivity index (χ1n) is 14.4. The number of nitrogens with zero attached hydrogens (tertiary/aromatic N) is 2. The number of sulfonamides is 1. The van der Waals surface area contributed by atoms with Crippen molar-refractivity contribution in [1.82, 2.24) is 10.2 Å². The number of rotatable bonds is 14. The molecule has 1 unspecified atom stereocenters. The molecule has 3 rings (SSSR count). The van der Waals surface area contributed by atoms with Crippen LogP contribution in [0.1, 0.15) is 43.9 Å². The quantitative estimate of drug-likeness (QED) is 0.262. The first-order chi connectivity index (χ1) is 20.8. The van der Waals surface area contributed by atoms with Gasteiger partial charge in [-0.3, -0.25) is 13.9 Å². The van der Waals surface area contributed by atoms with Crippen molar-refractivity contribution >= 4 is 27.5 Å². The summed E-state index contributed by atoms with van der Waals surface area (Å²) in [6.45, 7) is 9.19. The van der Waals surface area contributed by atoms with Crippen LogP contribution < -0.4 is 19.1 Å². The van der Waals surface area contributed by atoms with Crippen molar-refractivity contribution in [2.45, 2.75) is 58.5 Å². The van der Waals surface area contributed by atoms with Crippen molar-refractivity contribution in [1.29, 1.82) is 0 Å². The van der Waals surface area contributed by atoms with E-state index in [-0.39, 0.29) is 35.4 Å². The summed E-state index contributed by atoms with van der Waals surface area (Å²) in [6.07, 6.45) is 0.281. The Morgan fingerprint density at radius 2 is 1.52 bits per heavy atom. The molecule has 0 aliphatic heterocycles. The highest BCUT2D eigenvalue weighted by molar-refractivity contribution is 7.92. The van der Waals surface area contributed by atoms with E-state index in [1.54, 1.807) is 19.1 Å². The maximum atomic E-state index is 14.3. The minimum absolute atomic E-state index is 0.0240. The molecule has 1 atom stereocenters. The lowest BCUT2D eigenvalue weighted by Gasteiger charge is -2.33. The number of ether oxygens (including phenoxy) is 2. The Morgan fingerprint density at radius 1 is 0.909 bits per heavy atom. The summed E-state index contributed by atoms with van der Waals surface area (Å²) >= 11 is 0. The minimum Gasteiger partial charge on any atom is -0.493 e. The normalized spacial score (nSPS) is 12.0. The number of aryl methyl sites for hydroxylation is 2. The number of methoxy groups -OCH3 is 2. The fourth-order valence-electron chi connectivity index (χ4n) is 4.86. The molecule has 0 bridgehead atoms. The zero-order chi connectivity index (χ0) is 32.6. The first-order valence-corrected chi connectivity index (χ1v) is 15.9. The predicted octanol–water partition coefficient (Wildman–Crippen LogP) is 5.23. The van der Waals surface area contributed by atoms with Crippen LogP contribution in [0.25, 0.3) is 0 Å². The summed E-state index contributed by atoms with van der Waals surface area (Å²) in [5, 5.41) is 2.89. The number of anilines is 1. The Hall–Kier alpha value is -4.12. The number of halogens is 1. The Balaban J connectivity index is 2.12. The summed E-state index contributed by atoms with van der Waals surface area (Å²) in [7, 11) is -1.47. The lowest BCUT2D eigenvalue weighted by molar-refractivity contribution is -0.140.